The maximum atomic E-state index is 11.8. The number of hydrogen-bond donors (Lipinski definition) is 2. The quantitative estimate of drug-likeness (QED) is 0.666. The molecule has 0 fully saturated rings. The van der Waals surface area contributed by atoms with E-state index in [4.69, 9.17) is 4.74 Å². The summed E-state index contributed by atoms with van der Waals surface area (Å²) in [5, 5.41) is 10.8. The van der Waals surface area contributed by atoms with E-state index in [0.29, 0.717) is 11.7 Å². The summed E-state index contributed by atoms with van der Waals surface area (Å²) >= 11 is 1.42. The fourth-order valence-electron chi connectivity index (χ4n) is 2.47. The average molecular weight is 389 g/mol. The second-order valence-corrected chi connectivity index (χ2v) is 7.97. The molecule has 0 aliphatic rings. The predicted octanol–water partition coefficient (Wildman–Crippen LogP) is 3.30. The van der Waals surface area contributed by atoms with Crippen molar-refractivity contribution in [3.63, 3.8) is 0 Å². The van der Waals surface area contributed by atoms with Gasteiger partial charge in [-0.3, -0.25) is 10.00 Å². The van der Waals surface area contributed by atoms with Crippen molar-refractivity contribution in [2.45, 2.75) is 46.3 Å². The second-order valence-electron chi connectivity index (χ2n) is 6.85. The van der Waals surface area contributed by atoms with Crippen LogP contribution in [-0.4, -0.2) is 43.0 Å². The third-order valence-electron chi connectivity index (χ3n) is 3.55. The molecule has 144 valence electrons. The van der Waals surface area contributed by atoms with Crippen LogP contribution in [0, 0.1) is 0 Å². The third-order valence-corrected chi connectivity index (χ3v) is 4.53. The molecule has 3 heterocycles. The topological polar surface area (TPSA) is 107 Å². The van der Waals surface area contributed by atoms with Crippen LogP contribution in [0.25, 0.3) is 11.0 Å². The fraction of sp³-hybridized carbons (Fsp3) is 0.471. The molecule has 27 heavy (non-hydrogen) atoms. The number of amides is 1. The normalized spacial score (nSPS) is 11.6. The van der Waals surface area contributed by atoms with Gasteiger partial charge in [0.05, 0.1) is 6.20 Å². The van der Waals surface area contributed by atoms with Crippen molar-refractivity contribution in [1.82, 2.24) is 24.7 Å². The van der Waals surface area contributed by atoms with Gasteiger partial charge < -0.3 is 10.1 Å². The van der Waals surface area contributed by atoms with Gasteiger partial charge in [0, 0.05) is 30.6 Å². The van der Waals surface area contributed by atoms with Crippen LogP contribution in [0.15, 0.2) is 18.7 Å². The van der Waals surface area contributed by atoms with Crippen molar-refractivity contribution >= 4 is 39.4 Å². The molecule has 0 aliphatic heterocycles. The summed E-state index contributed by atoms with van der Waals surface area (Å²) in [5.41, 5.74) is 1.18. The Morgan fingerprint density at radius 1 is 1.26 bits per heavy atom. The number of nitrogens with zero attached hydrogens (tertiary/aromatic N) is 5. The highest BCUT2D eigenvalue weighted by molar-refractivity contribution is 7.15. The Morgan fingerprint density at radius 2 is 2.07 bits per heavy atom. The molecule has 9 nitrogen and oxygen atoms in total. The van der Waals surface area contributed by atoms with Crippen LogP contribution in [0.1, 0.15) is 32.6 Å². The minimum Gasteiger partial charge on any atom is -0.444 e. The lowest BCUT2D eigenvalue weighted by atomic mass is 10.2. The maximum Gasteiger partial charge on any atom is 0.413 e. The summed E-state index contributed by atoms with van der Waals surface area (Å²) in [6.45, 7) is 8.91. The molecule has 0 aromatic carbocycles. The first-order valence-corrected chi connectivity index (χ1v) is 9.52. The third kappa shape index (κ3) is 4.91. The Balaban J connectivity index is 1.57. The number of thiazole rings is 1. The number of fused-ring (bicyclic) bond motifs is 1. The van der Waals surface area contributed by atoms with Crippen molar-refractivity contribution in [2.75, 3.05) is 17.2 Å². The minimum absolute atomic E-state index is 0.502. The van der Waals surface area contributed by atoms with Gasteiger partial charge >= 0.3 is 6.09 Å². The zero-order chi connectivity index (χ0) is 19.4. The first kappa shape index (κ1) is 19.0. The summed E-state index contributed by atoms with van der Waals surface area (Å²) < 4.78 is 7.10. The summed E-state index contributed by atoms with van der Waals surface area (Å²) in [4.78, 5) is 25.6. The van der Waals surface area contributed by atoms with Gasteiger partial charge in [0.25, 0.3) is 0 Å². The monoisotopic (exact) mass is 389 g/mol. The Bertz CT molecular complexity index is 929. The summed E-state index contributed by atoms with van der Waals surface area (Å²) in [7, 11) is 0. The number of ether oxygens (including phenoxy) is 1. The van der Waals surface area contributed by atoms with Crippen molar-refractivity contribution in [1.29, 1.82) is 0 Å². The largest absolute Gasteiger partial charge is 0.444 e. The average Bonchev–Trinajstić information content (AvgIpc) is 3.20. The molecule has 2 N–H and O–H groups in total. The van der Waals surface area contributed by atoms with Gasteiger partial charge in [-0.15, -0.1) is 11.3 Å². The smallest absolute Gasteiger partial charge is 0.413 e. The Morgan fingerprint density at radius 3 is 2.81 bits per heavy atom. The highest BCUT2D eigenvalue weighted by Gasteiger charge is 2.17. The van der Waals surface area contributed by atoms with Gasteiger partial charge in [0.15, 0.2) is 10.9 Å². The summed E-state index contributed by atoms with van der Waals surface area (Å²) in [5.74, 6) is 0.760. The van der Waals surface area contributed by atoms with Crippen LogP contribution in [-0.2, 0) is 17.7 Å². The summed E-state index contributed by atoms with van der Waals surface area (Å²) in [6, 6.07) is 0. The molecule has 3 aromatic heterocycles. The molecule has 10 heteroatoms. The standard InChI is InChI=1S/C17H23N7O2S/c1-5-24-13-12(9-22-24)20-10-21-14(13)18-7-6-11-8-19-15(27-11)23-16(25)26-17(2,3)4/h8-10H,5-7H2,1-4H3,(H,18,20,21)(H,19,23,25). The molecule has 0 unspecified atom stereocenters. The molecule has 0 aliphatic carbocycles. The van der Waals surface area contributed by atoms with E-state index in [0.717, 1.165) is 34.7 Å². The van der Waals surface area contributed by atoms with Crippen LogP contribution in [0.2, 0.25) is 0 Å². The lowest BCUT2D eigenvalue weighted by molar-refractivity contribution is 0.0636. The number of nitrogens with one attached hydrogen (secondary N) is 2. The summed E-state index contributed by atoms with van der Waals surface area (Å²) in [6.07, 6.45) is 5.27. The molecular weight excluding hydrogens is 366 g/mol. The number of anilines is 2. The van der Waals surface area contributed by atoms with Gasteiger partial charge in [0.2, 0.25) is 0 Å². The predicted molar refractivity (Wildman–Crippen MR) is 105 cm³/mol. The van der Waals surface area contributed by atoms with Crippen molar-refractivity contribution in [2.24, 2.45) is 0 Å². The highest BCUT2D eigenvalue weighted by Crippen LogP contribution is 2.21. The van der Waals surface area contributed by atoms with E-state index in [1.807, 2.05) is 32.4 Å². The van der Waals surface area contributed by atoms with Gasteiger partial charge in [-0.1, -0.05) is 0 Å². The van der Waals surface area contributed by atoms with E-state index < -0.39 is 11.7 Å². The maximum absolute atomic E-state index is 11.8. The number of hydrogen-bond acceptors (Lipinski definition) is 8. The van der Waals surface area contributed by atoms with Crippen LogP contribution in [0.3, 0.4) is 0 Å². The van der Waals surface area contributed by atoms with Crippen LogP contribution in [0.5, 0.6) is 0 Å². The van der Waals surface area contributed by atoms with E-state index in [2.05, 4.69) is 30.7 Å². The molecule has 0 radical (unpaired) electrons. The van der Waals surface area contributed by atoms with Crippen molar-refractivity contribution in [3.8, 4) is 0 Å². The lowest BCUT2D eigenvalue weighted by Gasteiger charge is -2.18. The zero-order valence-corrected chi connectivity index (χ0v) is 16.6. The molecular formula is C17H23N7O2S. The molecule has 0 atom stereocenters. The molecule has 0 saturated carbocycles. The van der Waals surface area contributed by atoms with E-state index in [-0.39, 0.29) is 0 Å². The second kappa shape index (κ2) is 7.87. The van der Waals surface area contributed by atoms with Crippen molar-refractivity contribution in [3.05, 3.63) is 23.6 Å². The molecule has 0 saturated heterocycles. The number of carbonyl (C=O) groups is 1. The van der Waals surface area contributed by atoms with E-state index in [1.54, 1.807) is 12.4 Å². The van der Waals surface area contributed by atoms with Gasteiger partial charge in [-0.2, -0.15) is 5.10 Å². The van der Waals surface area contributed by atoms with E-state index in [1.165, 1.54) is 17.7 Å². The van der Waals surface area contributed by atoms with Gasteiger partial charge in [-0.05, 0) is 27.7 Å². The number of aryl methyl sites for hydroxylation is 1. The van der Waals surface area contributed by atoms with E-state index in [9.17, 15) is 4.79 Å². The SMILES string of the molecule is CCn1ncc2ncnc(NCCc3cnc(NC(=O)OC(C)(C)C)s3)c21. The number of carbonyl (C=O) groups excluding carboxylic acids is 1. The zero-order valence-electron chi connectivity index (χ0n) is 15.8. The Labute approximate surface area is 161 Å². The minimum atomic E-state index is -0.540. The highest BCUT2D eigenvalue weighted by atomic mass is 32.1. The fourth-order valence-corrected chi connectivity index (χ4v) is 3.27. The van der Waals surface area contributed by atoms with Crippen LogP contribution < -0.4 is 10.6 Å². The molecule has 1 amide bonds. The Hall–Kier alpha value is -2.75. The van der Waals surface area contributed by atoms with Gasteiger partial charge in [0.1, 0.15) is 23.0 Å². The van der Waals surface area contributed by atoms with Gasteiger partial charge in [-0.25, -0.2) is 19.7 Å². The first-order chi connectivity index (χ1) is 12.9. The lowest BCUT2D eigenvalue weighted by Crippen LogP contribution is -2.27. The number of rotatable bonds is 6. The van der Waals surface area contributed by atoms with Crippen molar-refractivity contribution < 1.29 is 9.53 Å². The number of aromatic nitrogens is 5. The Kier molecular flexibility index (Phi) is 5.54. The molecule has 3 aromatic rings. The van der Waals surface area contributed by atoms with E-state index >= 15 is 0 Å². The molecule has 0 spiro atoms. The molecule has 0 bridgehead atoms. The van der Waals surface area contributed by atoms with Crippen LogP contribution >= 0.6 is 11.3 Å². The molecule has 3 rings (SSSR count). The first-order valence-electron chi connectivity index (χ1n) is 8.71. The van der Waals surface area contributed by atoms with Crippen LogP contribution in [0.4, 0.5) is 15.7 Å².